The average molecular weight is 267 g/mol. The topological polar surface area (TPSA) is 59.3 Å². The van der Waals surface area contributed by atoms with Gasteiger partial charge in [-0.2, -0.15) is 5.10 Å². The summed E-state index contributed by atoms with van der Waals surface area (Å²) >= 11 is 0. The molecule has 0 aliphatic heterocycles. The molecule has 1 aromatic rings. The zero-order valence-electron chi connectivity index (χ0n) is 12.3. The monoisotopic (exact) mass is 267 g/mol. The molecule has 108 valence electrons. The van der Waals surface area contributed by atoms with Crippen LogP contribution in [0.15, 0.2) is 12.4 Å². The summed E-state index contributed by atoms with van der Waals surface area (Å²) in [5, 5.41) is 17.3. The fourth-order valence-electron chi connectivity index (χ4n) is 2.77. The van der Waals surface area contributed by atoms with E-state index in [1.807, 2.05) is 20.2 Å². The zero-order valence-corrected chi connectivity index (χ0v) is 12.3. The molecule has 1 aliphatic carbocycles. The van der Waals surface area contributed by atoms with E-state index in [4.69, 9.17) is 4.74 Å². The standard InChI is InChI=1S/C14H25N3O2/c1-5-19-13-6-12(14(13,2)3)16-11(9-18)10-7-15-17(4)8-10/h7-8,11-13,16,18H,5-6,9H2,1-4H3/t11-,12-,13+/m0/s1. The quantitative estimate of drug-likeness (QED) is 0.814. The predicted molar refractivity (Wildman–Crippen MR) is 73.8 cm³/mol. The van der Waals surface area contributed by atoms with Gasteiger partial charge >= 0.3 is 0 Å². The van der Waals surface area contributed by atoms with Crippen molar-refractivity contribution in [3.8, 4) is 0 Å². The lowest BCUT2D eigenvalue weighted by Gasteiger charge is -2.52. The number of aromatic nitrogens is 2. The van der Waals surface area contributed by atoms with Gasteiger partial charge in [-0.05, 0) is 13.3 Å². The fourth-order valence-corrected chi connectivity index (χ4v) is 2.77. The summed E-state index contributed by atoms with van der Waals surface area (Å²) in [6, 6.07) is 0.307. The molecule has 0 saturated heterocycles. The van der Waals surface area contributed by atoms with Crippen molar-refractivity contribution in [3.05, 3.63) is 18.0 Å². The molecule has 1 saturated carbocycles. The number of nitrogens with one attached hydrogen (secondary N) is 1. The van der Waals surface area contributed by atoms with Gasteiger partial charge < -0.3 is 15.2 Å². The van der Waals surface area contributed by atoms with E-state index in [2.05, 4.69) is 24.3 Å². The maximum Gasteiger partial charge on any atom is 0.0655 e. The van der Waals surface area contributed by atoms with Gasteiger partial charge in [-0.3, -0.25) is 4.68 Å². The zero-order chi connectivity index (χ0) is 14.0. The van der Waals surface area contributed by atoms with Crippen LogP contribution in [0.5, 0.6) is 0 Å². The number of ether oxygens (including phenoxy) is 1. The van der Waals surface area contributed by atoms with Crippen LogP contribution in [-0.4, -0.2) is 40.2 Å². The molecule has 1 aromatic heterocycles. The molecule has 1 aliphatic rings. The Bertz CT molecular complexity index is 417. The van der Waals surface area contributed by atoms with E-state index in [0.717, 1.165) is 18.6 Å². The van der Waals surface area contributed by atoms with Crippen molar-refractivity contribution in [3.63, 3.8) is 0 Å². The first-order valence-electron chi connectivity index (χ1n) is 6.96. The smallest absolute Gasteiger partial charge is 0.0655 e. The highest BCUT2D eigenvalue weighted by atomic mass is 16.5. The van der Waals surface area contributed by atoms with E-state index >= 15 is 0 Å². The summed E-state index contributed by atoms with van der Waals surface area (Å²) in [6.45, 7) is 7.30. The van der Waals surface area contributed by atoms with E-state index in [9.17, 15) is 5.11 Å². The third-order valence-electron chi connectivity index (χ3n) is 4.26. The van der Waals surface area contributed by atoms with E-state index in [1.54, 1.807) is 10.9 Å². The molecule has 3 atom stereocenters. The highest BCUT2D eigenvalue weighted by Crippen LogP contribution is 2.43. The Morgan fingerprint density at radius 2 is 2.37 bits per heavy atom. The average Bonchev–Trinajstić information content (AvgIpc) is 2.79. The summed E-state index contributed by atoms with van der Waals surface area (Å²) in [7, 11) is 1.89. The van der Waals surface area contributed by atoms with Gasteiger partial charge in [0.25, 0.3) is 0 Å². The number of rotatable bonds is 6. The Hall–Kier alpha value is -0.910. The molecular weight excluding hydrogens is 242 g/mol. The van der Waals surface area contributed by atoms with Crippen molar-refractivity contribution in [2.45, 2.75) is 45.4 Å². The Kier molecular flexibility index (Phi) is 4.28. The van der Waals surface area contributed by atoms with Crippen molar-refractivity contribution in [2.75, 3.05) is 13.2 Å². The molecule has 19 heavy (non-hydrogen) atoms. The molecule has 0 aromatic carbocycles. The van der Waals surface area contributed by atoms with E-state index < -0.39 is 0 Å². The van der Waals surface area contributed by atoms with Gasteiger partial charge in [0, 0.05) is 36.9 Å². The van der Waals surface area contributed by atoms with Crippen molar-refractivity contribution in [1.82, 2.24) is 15.1 Å². The van der Waals surface area contributed by atoms with Crippen LogP contribution in [0, 0.1) is 5.41 Å². The maximum atomic E-state index is 9.57. The van der Waals surface area contributed by atoms with Crippen molar-refractivity contribution < 1.29 is 9.84 Å². The third-order valence-corrected chi connectivity index (χ3v) is 4.26. The van der Waals surface area contributed by atoms with E-state index in [-0.39, 0.29) is 18.1 Å². The number of aliphatic hydroxyl groups is 1. The minimum atomic E-state index is -0.0550. The normalized spacial score (nSPS) is 27.0. The lowest BCUT2D eigenvalue weighted by atomic mass is 9.64. The van der Waals surface area contributed by atoms with Gasteiger partial charge in [0.15, 0.2) is 0 Å². The number of hydrogen-bond acceptors (Lipinski definition) is 4. The molecule has 0 bridgehead atoms. The molecule has 1 fully saturated rings. The van der Waals surface area contributed by atoms with Gasteiger partial charge in [-0.15, -0.1) is 0 Å². The summed E-state index contributed by atoms with van der Waals surface area (Å²) in [6.07, 6.45) is 5.06. The molecule has 5 nitrogen and oxygen atoms in total. The largest absolute Gasteiger partial charge is 0.394 e. The first-order chi connectivity index (χ1) is 8.98. The lowest BCUT2D eigenvalue weighted by Crippen LogP contribution is -2.61. The van der Waals surface area contributed by atoms with Crippen LogP contribution in [0.3, 0.4) is 0 Å². The number of nitrogens with zero attached hydrogens (tertiary/aromatic N) is 2. The Labute approximate surface area is 115 Å². The van der Waals surface area contributed by atoms with Crippen molar-refractivity contribution >= 4 is 0 Å². The molecule has 0 unspecified atom stereocenters. The van der Waals surface area contributed by atoms with E-state index in [0.29, 0.717) is 12.1 Å². The Morgan fingerprint density at radius 1 is 1.63 bits per heavy atom. The van der Waals surface area contributed by atoms with Crippen LogP contribution in [0.25, 0.3) is 0 Å². The molecule has 2 rings (SSSR count). The summed E-state index contributed by atoms with van der Waals surface area (Å²) in [4.78, 5) is 0. The molecule has 0 spiro atoms. The molecule has 2 N–H and O–H groups in total. The second kappa shape index (κ2) is 5.61. The van der Waals surface area contributed by atoms with Gasteiger partial charge in [0.2, 0.25) is 0 Å². The molecule has 1 heterocycles. The van der Waals surface area contributed by atoms with Crippen LogP contribution in [-0.2, 0) is 11.8 Å². The van der Waals surface area contributed by atoms with Gasteiger partial charge in [0.05, 0.1) is 24.9 Å². The highest BCUT2D eigenvalue weighted by Gasteiger charge is 2.49. The van der Waals surface area contributed by atoms with Crippen LogP contribution in [0.2, 0.25) is 0 Å². The summed E-state index contributed by atoms with van der Waals surface area (Å²) in [5.41, 5.74) is 1.13. The Balaban J connectivity index is 1.97. The number of aryl methyl sites for hydroxylation is 1. The van der Waals surface area contributed by atoms with Crippen LogP contribution >= 0.6 is 0 Å². The number of hydrogen-bond donors (Lipinski definition) is 2. The van der Waals surface area contributed by atoms with Gasteiger partial charge in [0.1, 0.15) is 0 Å². The molecule has 0 amide bonds. The minimum absolute atomic E-state index is 0.0550. The Morgan fingerprint density at radius 3 is 2.84 bits per heavy atom. The molecule has 5 heteroatoms. The summed E-state index contributed by atoms with van der Waals surface area (Å²) in [5.74, 6) is 0. The first kappa shape index (κ1) is 14.5. The first-order valence-corrected chi connectivity index (χ1v) is 6.96. The highest BCUT2D eigenvalue weighted by molar-refractivity contribution is 5.13. The van der Waals surface area contributed by atoms with Crippen LogP contribution in [0.4, 0.5) is 0 Å². The van der Waals surface area contributed by atoms with Crippen molar-refractivity contribution in [2.24, 2.45) is 12.5 Å². The van der Waals surface area contributed by atoms with Crippen LogP contribution < -0.4 is 5.32 Å². The van der Waals surface area contributed by atoms with E-state index in [1.165, 1.54) is 0 Å². The second-order valence-corrected chi connectivity index (χ2v) is 5.90. The fraction of sp³-hybridized carbons (Fsp3) is 0.786. The minimum Gasteiger partial charge on any atom is -0.394 e. The molecular formula is C14H25N3O2. The van der Waals surface area contributed by atoms with Gasteiger partial charge in [-0.1, -0.05) is 13.8 Å². The van der Waals surface area contributed by atoms with Gasteiger partial charge in [-0.25, -0.2) is 0 Å². The predicted octanol–water partition coefficient (Wildman–Crippen LogP) is 1.25. The second-order valence-electron chi connectivity index (χ2n) is 5.90. The molecule has 0 radical (unpaired) electrons. The maximum absolute atomic E-state index is 9.57. The lowest BCUT2D eigenvalue weighted by molar-refractivity contribution is -0.117. The van der Waals surface area contributed by atoms with Crippen LogP contribution in [0.1, 0.15) is 38.8 Å². The SMILES string of the molecule is CCO[C@@H]1C[C@H](N[C@@H](CO)c2cnn(C)c2)C1(C)C. The summed E-state index contributed by atoms with van der Waals surface area (Å²) < 4.78 is 7.49. The van der Waals surface area contributed by atoms with Crippen molar-refractivity contribution in [1.29, 1.82) is 0 Å². The third kappa shape index (κ3) is 2.83. The number of aliphatic hydroxyl groups excluding tert-OH is 1.